The van der Waals surface area contributed by atoms with Crippen LogP contribution < -0.4 is 10.6 Å². The Balaban J connectivity index is 2.26. The lowest BCUT2D eigenvalue weighted by Crippen LogP contribution is -2.53. The number of carbonyl (C=O) groups excluding carboxylic acids is 1. The van der Waals surface area contributed by atoms with Crippen molar-refractivity contribution in [2.75, 3.05) is 6.61 Å². The second-order valence-electron chi connectivity index (χ2n) is 4.16. The molecule has 0 aromatic carbocycles. The van der Waals surface area contributed by atoms with E-state index >= 15 is 0 Å². The van der Waals surface area contributed by atoms with Crippen LogP contribution in [0.15, 0.2) is 0 Å². The van der Waals surface area contributed by atoms with Gasteiger partial charge in [0, 0.05) is 19.1 Å². The fourth-order valence-electron chi connectivity index (χ4n) is 1.76. The fraction of sp³-hybridized carbons (Fsp3) is 0.667. The summed E-state index contributed by atoms with van der Waals surface area (Å²) < 4.78 is 5.36. The summed E-state index contributed by atoms with van der Waals surface area (Å²) in [6.45, 7) is 2.58. The summed E-state index contributed by atoms with van der Waals surface area (Å²) in [6.07, 6.45) is 6.71. The van der Waals surface area contributed by atoms with E-state index in [0.717, 1.165) is 12.8 Å². The van der Waals surface area contributed by atoms with Crippen molar-refractivity contribution in [3.05, 3.63) is 0 Å². The first-order valence-corrected chi connectivity index (χ1v) is 5.91. The monoisotopic (exact) mass is 254 g/mol. The Labute approximate surface area is 106 Å². The zero-order valence-electron chi connectivity index (χ0n) is 10.3. The van der Waals surface area contributed by atoms with E-state index in [-0.39, 0.29) is 18.6 Å². The third kappa shape index (κ3) is 4.26. The van der Waals surface area contributed by atoms with E-state index < -0.39 is 18.0 Å². The van der Waals surface area contributed by atoms with Gasteiger partial charge in [-0.1, -0.05) is 0 Å². The van der Waals surface area contributed by atoms with Gasteiger partial charge >= 0.3 is 12.0 Å². The predicted molar refractivity (Wildman–Crippen MR) is 65.0 cm³/mol. The van der Waals surface area contributed by atoms with Gasteiger partial charge in [0.25, 0.3) is 0 Å². The Morgan fingerprint density at radius 3 is 2.72 bits per heavy atom. The van der Waals surface area contributed by atoms with Crippen molar-refractivity contribution >= 4 is 12.0 Å². The first-order chi connectivity index (χ1) is 8.56. The summed E-state index contributed by atoms with van der Waals surface area (Å²) in [5.41, 5.74) is 0. The highest BCUT2D eigenvalue weighted by Gasteiger charge is 2.31. The molecule has 3 N–H and O–H groups in total. The van der Waals surface area contributed by atoms with Crippen LogP contribution >= 0.6 is 0 Å². The Morgan fingerprint density at radius 1 is 1.56 bits per heavy atom. The maximum absolute atomic E-state index is 11.5. The Hall–Kier alpha value is -1.74. The molecule has 1 fully saturated rings. The molecule has 2 amide bonds. The molecule has 1 aliphatic rings. The maximum atomic E-state index is 11.5. The molecule has 0 aliphatic heterocycles. The van der Waals surface area contributed by atoms with E-state index in [2.05, 4.69) is 16.6 Å². The highest BCUT2D eigenvalue weighted by Crippen LogP contribution is 2.22. The van der Waals surface area contributed by atoms with Gasteiger partial charge in [-0.05, 0) is 19.8 Å². The quantitative estimate of drug-likeness (QED) is 0.596. The molecule has 6 nitrogen and oxygen atoms in total. The van der Waals surface area contributed by atoms with Gasteiger partial charge in [0.1, 0.15) is 6.04 Å². The van der Waals surface area contributed by atoms with Gasteiger partial charge in [-0.2, -0.15) is 0 Å². The number of ether oxygens (including phenoxy) is 1. The minimum Gasteiger partial charge on any atom is -0.480 e. The van der Waals surface area contributed by atoms with Crippen LogP contribution in [0.3, 0.4) is 0 Å². The first kappa shape index (κ1) is 14.3. The summed E-state index contributed by atoms with van der Waals surface area (Å²) in [4.78, 5) is 22.3. The largest absolute Gasteiger partial charge is 0.480 e. The summed E-state index contributed by atoms with van der Waals surface area (Å²) >= 11 is 0. The number of nitrogens with one attached hydrogen (secondary N) is 2. The fourth-order valence-corrected chi connectivity index (χ4v) is 1.76. The lowest BCUT2D eigenvalue weighted by atomic mass is 9.89. The van der Waals surface area contributed by atoms with Gasteiger partial charge in [0.2, 0.25) is 0 Å². The molecule has 0 aromatic rings. The van der Waals surface area contributed by atoms with Crippen molar-refractivity contribution in [2.24, 2.45) is 0 Å². The van der Waals surface area contributed by atoms with Crippen LogP contribution in [0.4, 0.5) is 4.79 Å². The highest BCUT2D eigenvalue weighted by molar-refractivity contribution is 5.82. The van der Waals surface area contributed by atoms with Gasteiger partial charge in [0.05, 0.1) is 6.10 Å². The zero-order valence-corrected chi connectivity index (χ0v) is 10.3. The normalized spacial score (nSPS) is 23.3. The summed E-state index contributed by atoms with van der Waals surface area (Å²) in [7, 11) is 0. The Bertz CT molecular complexity index is 344. The number of amides is 2. The van der Waals surface area contributed by atoms with E-state index in [9.17, 15) is 9.59 Å². The van der Waals surface area contributed by atoms with Crippen molar-refractivity contribution in [1.29, 1.82) is 0 Å². The number of rotatable bonds is 6. The molecule has 1 aliphatic carbocycles. The van der Waals surface area contributed by atoms with Gasteiger partial charge in [-0.25, -0.2) is 9.59 Å². The minimum atomic E-state index is -1.14. The van der Waals surface area contributed by atoms with Crippen molar-refractivity contribution in [2.45, 2.75) is 44.4 Å². The molecule has 0 heterocycles. The molecule has 18 heavy (non-hydrogen) atoms. The van der Waals surface area contributed by atoms with Crippen LogP contribution in [0.25, 0.3) is 0 Å². The third-order valence-corrected chi connectivity index (χ3v) is 2.76. The van der Waals surface area contributed by atoms with Crippen LogP contribution in [0.5, 0.6) is 0 Å². The van der Waals surface area contributed by atoms with Crippen LogP contribution in [-0.4, -0.2) is 41.9 Å². The summed E-state index contributed by atoms with van der Waals surface area (Å²) in [5, 5.41) is 13.8. The topological polar surface area (TPSA) is 87.7 Å². The summed E-state index contributed by atoms with van der Waals surface area (Å²) in [6, 6.07) is -1.50. The molecule has 6 heteroatoms. The highest BCUT2D eigenvalue weighted by atomic mass is 16.5. The van der Waals surface area contributed by atoms with Crippen LogP contribution in [0.2, 0.25) is 0 Å². The number of terminal acetylenes is 1. The number of aliphatic carboxylic acids is 1. The standard InChI is InChI=1S/C12H18N2O4/c1-3-5-10(11(15)16)14-12(17)13-8-6-9(7-8)18-4-2/h1,8-10H,4-7H2,2H3,(H,15,16)(H2,13,14,17). The van der Waals surface area contributed by atoms with Crippen LogP contribution in [0.1, 0.15) is 26.2 Å². The van der Waals surface area contributed by atoms with Gasteiger partial charge in [-0.3, -0.25) is 0 Å². The molecular weight excluding hydrogens is 236 g/mol. The average molecular weight is 254 g/mol. The number of urea groups is 1. The van der Waals surface area contributed by atoms with E-state index in [0.29, 0.717) is 6.61 Å². The minimum absolute atomic E-state index is 0.0327. The lowest BCUT2D eigenvalue weighted by molar-refractivity contribution is -0.139. The van der Waals surface area contributed by atoms with Crippen molar-refractivity contribution < 1.29 is 19.4 Å². The van der Waals surface area contributed by atoms with Gasteiger partial charge < -0.3 is 20.5 Å². The van der Waals surface area contributed by atoms with Crippen LogP contribution in [0, 0.1) is 12.3 Å². The Kier molecular flexibility index (Phi) is 5.46. The first-order valence-electron chi connectivity index (χ1n) is 5.91. The molecule has 1 rings (SSSR count). The second-order valence-corrected chi connectivity index (χ2v) is 4.16. The van der Waals surface area contributed by atoms with E-state index in [1.165, 1.54) is 0 Å². The number of carbonyl (C=O) groups is 2. The van der Waals surface area contributed by atoms with E-state index in [4.69, 9.17) is 16.3 Å². The molecule has 0 spiro atoms. The average Bonchev–Trinajstić information content (AvgIpc) is 2.25. The second kappa shape index (κ2) is 6.87. The predicted octanol–water partition coefficient (Wildman–Crippen LogP) is 0.330. The van der Waals surface area contributed by atoms with Crippen molar-refractivity contribution in [3.63, 3.8) is 0 Å². The maximum Gasteiger partial charge on any atom is 0.327 e. The number of hydrogen-bond donors (Lipinski definition) is 3. The van der Waals surface area contributed by atoms with Gasteiger partial charge in [0.15, 0.2) is 0 Å². The third-order valence-electron chi connectivity index (χ3n) is 2.76. The molecule has 0 bridgehead atoms. The van der Waals surface area contributed by atoms with E-state index in [1.807, 2.05) is 6.92 Å². The number of carboxylic acid groups (broad SMARTS) is 1. The smallest absolute Gasteiger partial charge is 0.327 e. The number of hydrogen-bond acceptors (Lipinski definition) is 3. The SMILES string of the molecule is C#CCC(NC(=O)NC1CC(OCC)C1)C(=O)O. The van der Waals surface area contributed by atoms with E-state index in [1.54, 1.807) is 0 Å². The Morgan fingerprint density at radius 2 is 2.22 bits per heavy atom. The molecule has 1 saturated carbocycles. The van der Waals surface area contributed by atoms with Gasteiger partial charge in [-0.15, -0.1) is 12.3 Å². The molecular formula is C12H18N2O4. The lowest BCUT2D eigenvalue weighted by Gasteiger charge is -2.35. The number of carboxylic acids is 1. The summed E-state index contributed by atoms with van der Waals surface area (Å²) in [5.74, 6) is 1.08. The molecule has 1 unspecified atom stereocenters. The molecule has 0 radical (unpaired) electrons. The molecule has 1 atom stereocenters. The van der Waals surface area contributed by atoms with Crippen LogP contribution in [-0.2, 0) is 9.53 Å². The van der Waals surface area contributed by atoms with Crippen molar-refractivity contribution in [3.8, 4) is 12.3 Å². The zero-order chi connectivity index (χ0) is 13.5. The molecule has 0 saturated heterocycles. The molecule has 0 aromatic heterocycles. The molecule has 100 valence electrons. The van der Waals surface area contributed by atoms with Crippen molar-refractivity contribution in [1.82, 2.24) is 10.6 Å².